The number of morpholine rings is 1. The number of carbonyl (C=O) groups is 2. The molecule has 2 aliphatic rings. The van der Waals surface area contributed by atoms with E-state index in [-0.39, 0.29) is 17.5 Å². The summed E-state index contributed by atoms with van der Waals surface area (Å²) in [6, 6.07) is 3.22. The zero-order valence-electron chi connectivity index (χ0n) is 17.2. The molecular weight excluding hydrogens is 401 g/mol. The van der Waals surface area contributed by atoms with Crippen LogP contribution in [-0.4, -0.2) is 75.2 Å². The second kappa shape index (κ2) is 9.11. The molecule has 2 aliphatic heterocycles. The van der Waals surface area contributed by atoms with Crippen LogP contribution in [0.4, 0.5) is 29.3 Å². The second-order valence-corrected chi connectivity index (χ2v) is 7.75. The number of urea groups is 1. The van der Waals surface area contributed by atoms with Crippen LogP contribution >= 0.6 is 0 Å². The molecule has 2 fully saturated rings. The molecule has 0 saturated carbocycles. The van der Waals surface area contributed by atoms with Gasteiger partial charge < -0.3 is 24.8 Å². The van der Waals surface area contributed by atoms with E-state index < -0.39 is 17.8 Å². The average Bonchev–Trinajstić information content (AvgIpc) is 2.73. The Hall–Kier alpha value is -2.49. The van der Waals surface area contributed by atoms with Gasteiger partial charge in [-0.1, -0.05) is 0 Å². The van der Waals surface area contributed by atoms with Crippen LogP contribution in [-0.2, 0) is 15.7 Å². The van der Waals surface area contributed by atoms with Crippen molar-refractivity contribution < 1.29 is 27.5 Å². The first-order valence-corrected chi connectivity index (χ1v) is 9.98. The first-order valence-electron chi connectivity index (χ1n) is 9.98. The lowest BCUT2D eigenvalue weighted by Crippen LogP contribution is -2.48. The SMILES string of the molecule is CN(C)c1ccc(NC(=O)N2CCC(C(=O)N3CCOCC3)CC2)c(C(F)(F)F)c1. The molecule has 2 heterocycles. The maximum atomic E-state index is 13.5. The van der Waals surface area contributed by atoms with Gasteiger partial charge in [-0.15, -0.1) is 0 Å². The summed E-state index contributed by atoms with van der Waals surface area (Å²) in [7, 11) is 3.30. The van der Waals surface area contributed by atoms with Crippen molar-refractivity contribution in [3.8, 4) is 0 Å². The summed E-state index contributed by atoms with van der Waals surface area (Å²) in [5.41, 5.74) is -0.771. The number of likely N-dealkylation sites (tertiary alicyclic amines) is 1. The fourth-order valence-electron chi connectivity index (χ4n) is 3.72. The summed E-state index contributed by atoms with van der Waals surface area (Å²) in [6.45, 7) is 2.85. The number of amides is 3. The number of anilines is 2. The first-order chi connectivity index (χ1) is 14.2. The van der Waals surface area contributed by atoms with Crippen LogP contribution in [0, 0.1) is 5.92 Å². The first kappa shape index (κ1) is 22.2. The van der Waals surface area contributed by atoms with Gasteiger partial charge in [0.2, 0.25) is 5.91 Å². The van der Waals surface area contributed by atoms with Crippen molar-refractivity contribution >= 4 is 23.3 Å². The van der Waals surface area contributed by atoms with Crippen molar-refractivity contribution in [2.24, 2.45) is 5.92 Å². The third kappa shape index (κ3) is 5.16. The van der Waals surface area contributed by atoms with E-state index in [4.69, 9.17) is 4.74 Å². The lowest BCUT2D eigenvalue weighted by atomic mass is 9.95. The maximum absolute atomic E-state index is 13.5. The molecule has 0 unspecified atom stereocenters. The van der Waals surface area contributed by atoms with E-state index >= 15 is 0 Å². The minimum absolute atomic E-state index is 0.0667. The molecule has 0 aliphatic carbocycles. The average molecular weight is 428 g/mol. The maximum Gasteiger partial charge on any atom is 0.418 e. The molecule has 1 aromatic carbocycles. The van der Waals surface area contributed by atoms with Gasteiger partial charge in [-0.3, -0.25) is 4.79 Å². The zero-order chi connectivity index (χ0) is 21.9. The number of nitrogens with zero attached hydrogens (tertiary/aromatic N) is 3. The van der Waals surface area contributed by atoms with Gasteiger partial charge in [-0.25, -0.2) is 4.79 Å². The molecule has 30 heavy (non-hydrogen) atoms. The highest BCUT2D eigenvalue weighted by Gasteiger charge is 2.36. The Morgan fingerprint density at radius 1 is 1.07 bits per heavy atom. The molecule has 2 saturated heterocycles. The number of halogens is 3. The van der Waals surface area contributed by atoms with Crippen molar-refractivity contribution in [3.63, 3.8) is 0 Å². The van der Waals surface area contributed by atoms with Crippen molar-refractivity contribution in [3.05, 3.63) is 23.8 Å². The van der Waals surface area contributed by atoms with Crippen LogP contribution in [0.25, 0.3) is 0 Å². The minimum atomic E-state index is -4.59. The van der Waals surface area contributed by atoms with Gasteiger partial charge >= 0.3 is 12.2 Å². The number of benzene rings is 1. The van der Waals surface area contributed by atoms with Gasteiger partial charge in [0.15, 0.2) is 0 Å². The number of alkyl halides is 3. The summed E-state index contributed by atoms with van der Waals surface area (Å²) in [4.78, 5) is 30.0. The molecule has 1 N–H and O–H groups in total. The van der Waals surface area contributed by atoms with Crippen LogP contribution in [0.5, 0.6) is 0 Å². The third-order valence-electron chi connectivity index (χ3n) is 5.52. The normalized spacial score (nSPS) is 18.3. The van der Waals surface area contributed by atoms with E-state index in [1.165, 1.54) is 17.0 Å². The fraction of sp³-hybridized carbons (Fsp3) is 0.600. The number of rotatable bonds is 3. The van der Waals surface area contributed by atoms with Gasteiger partial charge in [-0.05, 0) is 31.0 Å². The van der Waals surface area contributed by atoms with E-state index in [2.05, 4.69) is 5.32 Å². The predicted molar refractivity (Wildman–Crippen MR) is 106 cm³/mol. The van der Waals surface area contributed by atoms with E-state index in [0.717, 1.165) is 6.07 Å². The Bertz CT molecular complexity index is 771. The Morgan fingerprint density at radius 3 is 2.27 bits per heavy atom. The number of nitrogens with one attached hydrogen (secondary N) is 1. The standard InChI is InChI=1S/C20H27F3N4O3/c1-25(2)15-3-4-17(16(13-15)20(21,22)23)24-19(29)27-7-5-14(6-8-27)18(28)26-9-11-30-12-10-26/h3-4,13-14H,5-12H2,1-2H3,(H,24,29). The molecule has 0 atom stereocenters. The minimum Gasteiger partial charge on any atom is -0.378 e. The van der Waals surface area contributed by atoms with E-state index in [0.29, 0.717) is 57.9 Å². The Balaban J connectivity index is 1.61. The zero-order valence-corrected chi connectivity index (χ0v) is 17.2. The van der Waals surface area contributed by atoms with E-state index in [1.807, 2.05) is 0 Å². The fourth-order valence-corrected chi connectivity index (χ4v) is 3.72. The summed E-state index contributed by atoms with van der Waals surface area (Å²) in [6.07, 6.45) is -3.60. The number of ether oxygens (including phenoxy) is 1. The Morgan fingerprint density at radius 2 is 1.70 bits per heavy atom. The van der Waals surface area contributed by atoms with Crippen molar-refractivity contribution in [1.82, 2.24) is 9.80 Å². The van der Waals surface area contributed by atoms with E-state index in [9.17, 15) is 22.8 Å². The van der Waals surface area contributed by atoms with E-state index in [1.54, 1.807) is 23.9 Å². The van der Waals surface area contributed by atoms with Crippen molar-refractivity contribution in [2.45, 2.75) is 19.0 Å². The number of carbonyl (C=O) groups excluding carboxylic acids is 2. The molecule has 3 amide bonds. The highest BCUT2D eigenvalue weighted by atomic mass is 19.4. The largest absolute Gasteiger partial charge is 0.418 e. The van der Waals surface area contributed by atoms with Gasteiger partial charge in [0, 0.05) is 51.9 Å². The van der Waals surface area contributed by atoms with Gasteiger partial charge in [-0.2, -0.15) is 13.2 Å². The number of hydrogen-bond donors (Lipinski definition) is 1. The highest BCUT2D eigenvalue weighted by Crippen LogP contribution is 2.37. The molecule has 3 rings (SSSR count). The van der Waals surface area contributed by atoms with Crippen molar-refractivity contribution in [1.29, 1.82) is 0 Å². The molecule has 1 aromatic rings. The summed E-state index contributed by atoms with van der Waals surface area (Å²) in [5, 5.41) is 2.40. The van der Waals surface area contributed by atoms with Gasteiger partial charge in [0.25, 0.3) is 0 Å². The molecule has 166 valence electrons. The summed E-state index contributed by atoms with van der Waals surface area (Å²) < 4.78 is 45.7. The molecule has 7 nitrogen and oxygen atoms in total. The highest BCUT2D eigenvalue weighted by molar-refractivity contribution is 5.91. The molecule has 10 heteroatoms. The topological polar surface area (TPSA) is 65.1 Å². The molecule has 0 bridgehead atoms. The van der Waals surface area contributed by atoms with Gasteiger partial charge in [0.05, 0.1) is 24.5 Å². The lowest BCUT2D eigenvalue weighted by molar-refractivity contribution is -0.141. The quantitative estimate of drug-likeness (QED) is 0.804. The monoisotopic (exact) mass is 428 g/mol. The second-order valence-electron chi connectivity index (χ2n) is 7.75. The van der Waals surface area contributed by atoms with Crippen LogP contribution in [0.15, 0.2) is 18.2 Å². The van der Waals surface area contributed by atoms with Gasteiger partial charge in [0.1, 0.15) is 0 Å². The van der Waals surface area contributed by atoms with Crippen molar-refractivity contribution in [2.75, 3.05) is 63.7 Å². The Labute approximate surface area is 173 Å². The molecule has 0 radical (unpaired) electrons. The number of piperidine rings is 1. The van der Waals surface area contributed by atoms with Crippen LogP contribution in [0.1, 0.15) is 18.4 Å². The molecular formula is C20H27F3N4O3. The predicted octanol–water partition coefficient (Wildman–Crippen LogP) is 2.87. The Kier molecular flexibility index (Phi) is 6.74. The van der Waals surface area contributed by atoms with Crippen LogP contribution in [0.2, 0.25) is 0 Å². The molecule has 0 aromatic heterocycles. The van der Waals surface area contributed by atoms with Crippen LogP contribution in [0.3, 0.4) is 0 Å². The summed E-state index contributed by atoms with van der Waals surface area (Å²) in [5.74, 6) is -0.103. The lowest BCUT2D eigenvalue weighted by Gasteiger charge is -2.35. The molecule has 0 spiro atoms. The summed E-state index contributed by atoms with van der Waals surface area (Å²) >= 11 is 0. The number of hydrogen-bond acceptors (Lipinski definition) is 4. The third-order valence-corrected chi connectivity index (χ3v) is 5.52. The van der Waals surface area contributed by atoms with Crippen LogP contribution < -0.4 is 10.2 Å². The smallest absolute Gasteiger partial charge is 0.378 e.